The van der Waals surface area contributed by atoms with E-state index in [2.05, 4.69) is 32.5 Å². The molecule has 0 bridgehead atoms. The molecule has 2 heterocycles. The van der Waals surface area contributed by atoms with Gasteiger partial charge in [-0.15, -0.1) is 5.10 Å². The van der Waals surface area contributed by atoms with Crippen molar-refractivity contribution in [3.63, 3.8) is 0 Å². The molecule has 4 N–H and O–H groups in total. The quantitative estimate of drug-likeness (QED) is 0.299. The van der Waals surface area contributed by atoms with Gasteiger partial charge in [0.15, 0.2) is 22.1 Å². The molecule has 0 unspecified atom stereocenters. The maximum Gasteiger partial charge on any atom is 0.191 e. The van der Waals surface area contributed by atoms with Gasteiger partial charge in [0.05, 0.1) is 12.1 Å². The molecule has 9 nitrogen and oxygen atoms in total. The molecular weight excluding hydrogens is 423 g/mol. The first-order valence-corrected chi connectivity index (χ1v) is 11.2. The average Bonchev–Trinajstić information content (AvgIpc) is 3.28. The first-order chi connectivity index (χ1) is 15.0. The lowest BCUT2D eigenvalue weighted by molar-refractivity contribution is -0.0253. The number of aromatic nitrogens is 5. The van der Waals surface area contributed by atoms with Gasteiger partial charge >= 0.3 is 0 Å². The number of fused-ring (bicyclic) bond motifs is 1. The van der Waals surface area contributed by atoms with E-state index in [0.717, 1.165) is 17.7 Å². The van der Waals surface area contributed by atoms with Crippen molar-refractivity contribution >= 4 is 28.7 Å². The van der Waals surface area contributed by atoms with E-state index in [0.29, 0.717) is 35.1 Å². The van der Waals surface area contributed by atoms with Gasteiger partial charge in [-0.2, -0.15) is 0 Å². The molecule has 2 aromatic heterocycles. The predicted octanol–water partition coefficient (Wildman–Crippen LogP) is 1.54. The van der Waals surface area contributed by atoms with Crippen LogP contribution in [0.1, 0.15) is 31.4 Å². The second kappa shape index (κ2) is 9.43. The SMILES string of the molecule is CCCSc1nc(NCCc2cccc(F)c2)c2nnn([C@@H]3C[C@H](O)[C@@H](O)[C@H]3O)c2n1. The third-order valence-electron chi connectivity index (χ3n) is 5.27. The summed E-state index contributed by atoms with van der Waals surface area (Å²) < 4.78 is 14.9. The van der Waals surface area contributed by atoms with E-state index in [-0.39, 0.29) is 12.2 Å². The van der Waals surface area contributed by atoms with Gasteiger partial charge in [0, 0.05) is 18.7 Å². The van der Waals surface area contributed by atoms with Crippen molar-refractivity contribution in [3.8, 4) is 0 Å². The molecule has 0 saturated heterocycles. The number of anilines is 1. The standard InChI is InChI=1S/C20H25FN6O3S/c1-2-8-31-20-23-18(22-7-6-11-4-3-5-12(21)9-11)15-19(24-20)27(26-25-15)13-10-14(28)17(30)16(13)29/h3-5,9,13-14,16-17,28-30H,2,6-8,10H2,1H3,(H,22,23,24)/t13-,14+,16+,17-/m1/s1. The Kier molecular flexibility index (Phi) is 6.65. The Balaban J connectivity index is 1.62. The highest BCUT2D eigenvalue weighted by atomic mass is 32.2. The minimum absolute atomic E-state index is 0.143. The molecule has 1 saturated carbocycles. The van der Waals surface area contributed by atoms with Crippen molar-refractivity contribution in [2.45, 2.75) is 55.7 Å². The van der Waals surface area contributed by atoms with Crippen LogP contribution in [0.25, 0.3) is 11.2 Å². The lowest BCUT2D eigenvalue weighted by atomic mass is 10.1. The topological polar surface area (TPSA) is 129 Å². The van der Waals surface area contributed by atoms with E-state index in [1.165, 1.54) is 28.6 Å². The molecule has 166 valence electrons. The monoisotopic (exact) mass is 448 g/mol. The van der Waals surface area contributed by atoms with Gasteiger partial charge in [-0.25, -0.2) is 19.0 Å². The molecule has 31 heavy (non-hydrogen) atoms. The molecule has 1 aromatic carbocycles. The third-order valence-corrected chi connectivity index (χ3v) is 6.32. The molecule has 3 aromatic rings. The van der Waals surface area contributed by atoms with E-state index in [1.54, 1.807) is 6.07 Å². The number of thioether (sulfide) groups is 1. The van der Waals surface area contributed by atoms with Crippen LogP contribution in [0.2, 0.25) is 0 Å². The van der Waals surface area contributed by atoms with Gasteiger partial charge in [0.1, 0.15) is 18.0 Å². The second-order valence-electron chi connectivity index (χ2n) is 7.57. The first kappa shape index (κ1) is 21.9. The minimum Gasteiger partial charge on any atom is -0.390 e. The zero-order valence-electron chi connectivity index (χ0n) is 17.0. The van der Waals surface area contributed by atoms with E-state index in [1.807, 2.05) is 6.07 Å². The van der Waals surface area contributed by atoms with Crippen molar-refractivity contribution in [3.05, 3.63) is 35.6 Å². The maximum atomic E-state index is 13.4. The van der Waals surface area contributed by atoms with E-state index in [9.17, 15) is 19.7 Å². The number of halogens is 1. The van der Waals surface area contributed by atoms with Crippen LogP contribution in [0.15, 0.2) is 29.4 Å². The highest BCUT2D eigenvalue weighted by molar-refractivity contribution is 7.99. The summed E-state index contributed by atoms with van der Waals surface area (Å²) in [6.07, 6.45) is -1.78. The summed E-state index contributed by atoms with van der Waals surface area (Å²) in [7, 11) is 0. The third kappa shape index (κ3) is 4.64. The minimum atomic E-state index is -1.25. The summed E-state index contributed by atoms with van der Waals surface area (Å²) in [6.45, 7) is 2.57. The lowest BCUT2D eigenvalue weighted by Gasteiger charge is -2.16. The normalized spacial score (nSPS) is 23.5. The van der Waals surface area contributed by atoms with Gasteiger partial charge in [0.25, 0.3) is 0 Å². The summed E-state index contributed by atoms with van der Waals surface area (Å²) in [5, 5.41) is 42.3. The number of hydrogen-bond acceptors (Lipinski definition) is 9. The molecule has 1 aliphatic rings. The fourth-order valence-corrected chi connectivity index (χ4v) is 4.35. The number of hydrogen-bond donors (Lipinski definition) is 4. The fraction of sp³-hybridized carbons (Fsp3) is 0.500. The molecule has 4 rings (SSSR count). The summed E-state index contributed by atoms with van der Waals surface area (Å²) in [6, 6.07) is 5.79. The average molecular weight is 449 g/mol. The molecule has 0 aliphatic heterocycles. The maximum absolute atomic E-state index is 13.4. The van der Waals surface area contributed by atoms with Gasteiger partial charge in [-0.05, 0) is 30.5 Å². The number of rotatable bonds is 8. The Morgan fingerprint density at radius 3 is 2.77 bits per heavy atom. The van der Waals surface area contributed by atoms with E-state index >= 15 is 0 Å². The van der Waals surface area contributed by atoms with Gasteiger partial charge < -0.3 is 20.6 Å². The van der Waals surface area contributed by atoms with Crippen LogP contribution in [-0.2, 0) is 6.42 Å². The smallest absolute Gasteiger partial charge is 0.191 e. The van der Waals surface area contributed by atoms with E-state index < -0.39 is 24.4 Å². The number of nitrogens with zero attached hydrogens (tertiary/aromatic N) is 5. The zero-order chi connectivity index (χ0) is 22.0. The molecule has 0 amide bonds. The van der Waals surface area contributed by atoms with Gasteiger partial charge in [0.2, 0.25) is 0 Å². The Morgan fingerprint density at radius 2 is 2.06 bits per heavy atom. The van der Waals surface area contributed by atoms with Crippen molar-refractivity contribution < 1.29 is 19.7 Å². The second-order valence-corrected chi connectivity index (χ2v) is 8.63. The van der Waals surface area contributed by atoms with Crippen LogP contribution in [0.5, 0.6) is 0 Å². The molecule has 0 radical (unpaired) electrons. The van der Waals surface area contributed by atoms with Gasteiger partial charge in [-0.1, -0.05) is 36.0 Å². The molecule has 1 fully saturated rings. The fourth-order valence-electron chi connectivity index (χ4n) is 3.66. The number of benzene rings is 1. The van der Waals surface area contributed by atoms with Crippen molar-refractivity contribution in [1.29, 1.82) is 0 Å². The highest BCUT2D eigenvalue weighted by Crippen LogP contribution is 2.33. The van der Waals surface area contributed by atoms with Crippen LogP contribution >= 0.6 is 11.8 Å². The number of aliphatic hydroxyl groups is 3. The number of aliphatic hydroxyl groups excluding tert-OH is 3. The Bertz CT molecular complexity index is 1050. The Labute approximate surface area is 182 Å². The highest BCUT2D eigenvalue weighted by Gasteiger charge is 2.43. The largest absolute Gasteiger partial charge is 0.390 e. The van der Waals surface area contributed by atoms with Crippen LogP contribution in [0.4, 0.5) is 10.2 Å². The van der Waals surface area contributed by atoms with Crippen LogP contribution in [0.3, 0.4) is 0 Å². The van der Waals surface area contributed by atoms with Crippen LogP contribution in [0, 0.1) is 5.82 Å². The molecule has 4 atom stereocenters. The van der Waals surface area contributed by atoms with Crippen LogP contribution in [-0.4, -0.2) is 70.9 Å². The summed E-state index contributed by atoms with van der Waals surface area (Å²) in [5.41, 5.74) is 1.72. The Morgan fingerprint density at radius 1 is 1.23 bits per heavy atom. The molecule has 11 heteroatoms. The molecule has 1 aliphatic carbocycles. The predicted molar refractivity (Wildman–Crippen MR) is 114 cm³/mol. The molecular formula is C20H25FN6O3S. The summed E-state index contributed by atoms with van der Waals surface area (Å²) in [4.78, 5) is 9.13. The Hall–Kier alpha value is -2.34. The first-order valence-electron chi connectivity index (χ1n) is 10.3. The zero-order valence-corrected chi connectivity index (χ0v) is 17.8. The summed E-state index contributed by atoms with van der Waals surface area (Å²) in [5.74, 6) is 1.06. The van der Waals surface area contributed by atoms with Gasteiger partial charge in [-0.3, -0.25) is 0 Å². The lowest BCUT2D eigenvalue weighted by Crippen LogP contribution is -2.31. The molecule has 0 spiro atoms. The van der Waals surface area contributed by atoms with Crippen molar-refractivity contribution in [1.82, 2.24) is 25.0 Å². The van der Waals surface area contributed by atoms with Crippen molar-refractivity contribution in [2.24, 2.45) is 0 Å². The van der Waals surface area contributed by atoms with E-state index in [4.69, 9.17) is 0 Å². The summed E-state index contributed by atoms with van der Waals surface area (Å²) >= 11 is 1.50. The van der Waals surface area contributed by atoms with Crippen molar-refractivity contribution in [2.75, 3.05) is 17.6 Å². The van der Waals surface area contributed by atoms with Crippen LogP contribution < -0.4 is 5.32 Å². The number of nitrogens with one attached hydrogen (secondary N) is 1.